The molecule has 7 heteroatoms. The van der Waals surface area contributed by atoms with Crippen LogP contribution in [0.4, 0.5) is 0 Å². The molecule has 0 amide bonds. The summed E-state index contributed by atoms with van der Waals surface area (Å²) < 4.78 is 35.7. The van der Waals surface area contributed by atoms with E-state index in [1.807, 2.05) is 6.92 Å². The Kier molecular flexibility index (Phi) is 2.78. The van der Waals surface area contributed by atoms with Crippen molar-refractivity contribution >= 4 is 25.8 Å². The fourth-order valence-electron chi connectivity index (χ4n) is 1.82. The second-order valence-electron chi connectivity index (χ2n) is 4.56. The van der Waals surface area contributed by atoms with Gasteiger partial charge in [0.05, 0.1) is 5.25 Å². The minimum atomic E-state index is -3.32. The van der Waals surface area contributed by atoms with Crippen molar-refractivity contribution in [1.29, 1.82) is 0 Å². The third-order valence-electron chi connectivity index (χ3n) is 2.92. The van der Waals surface area contributed by atoms with Gasteiger partial charge in [-0.2, -0.15) is 0 Å². The minimum absolute atomic E-state index is 0.0633. The van der Waals surface area contributed by atoms with E-state index in [2.05, 4.69) is 20.9 Å². The summed E-state index contributed by atoms with van der Waals surface area (Å²) in [4.78, 5) is 4.07. The number of hydrogen-bond acceptors (Lipinski definition) is 5. The number of sulfone groups is 1. The molecule has 5 nitrogen and oxygen atoms in total. The van der Waals surface area contributed by atoms with E-state index in [1.165, 1.54) is 6.07 Å². The number of halogens is 1. The zero-order valence-electron chi connectivity index (χ0n) is 9.72. The predicted octanol–water partition coefficient (Wildman–Crippen LogP) is 1.94. The van der Waals surface area contributed by atoms with Gasteiger partial charge in [0, 0.05) is 6.07 Å². The highest BCUT2D eigenvalue weighted by atomic mass is 79.9. The highest BCUT2D eigenvalue weighted by Gasteiger charge is 2.39. The Morgan fingerprint density at radius 1 is 1.44 bits per heavy atom. The summed E-state index contributed by atoms with van der Waals surface area (Å²) in [6.07, 6.45) is 1.34. The fraction of sp³-hybridized carbons (Fsp3) is 0.545. The summed E-state index contributed by atoms with van der Waals surface area (Å²) in [6, 6.07) is 1.46. The van der Waals surface area contributed by atoms with Crippen LogP contribution in [-0.4, -0.2) is 31.4 Å². The molecule has 0 N–H and O–H groups in total. The molecule has 1 aliphatic carbocycles. The number of aromatic nitrogens is 1. The zero-order chi connectivity index (χ0) is 12.9. The molecule has 1 saturated carbocycles. The molecular weight excluding hydrogens is 322 g/mol. The Labute approximate surface area is 114 Å². The van der Waals surface area contributed by atoms with Gasteiger partial charge in [-0.1, -0.05) is 0 Å². The zero-order valence-corrected chi connectivity index (χ0v) is 12.1. The van der Waals surface area contributed by atoms with Crippen LogP contribution in [0.15, 0.2) is 15.7 Å². The quantitative estimate of drug-likeness (QED) is 0.774. The maximum Gasteiger partial charge on any atom is 0.198 e. The molecule has 0 saturated heterocycles. The number of hydrogen-bond donors (Lipinski definition) is 0. The first kappa shape index (κ1) is 12.2. The van der Waals surface area contributed by atoms with Crippen LogP contribution in [0, 0.1) is 0 Å². The molecule has 1 aliphatic heterocycles. The van der Waals surface area contributed by atoms with Gasteiger partial charge in [-0.3, -0.25) is 0 Å². The number of pyridine rings is 1. The molecule has 1 aromatic rings. The van der Waals surface area contributed by atoms with Crippen molar-refractivity contribution in [2.75, 3.05) is 6.61 Å². The average molecular weight is 334 g/mol. The van der Waals surface area contributed by atoms with Crippen molar-refractivity contribution in [2.45, 2.75) is 36.1 Å². The third-order valence-corrected chi connectivity index (χ3v) is 5.60. The second-order valence-corrected chi connectivity index (χ2v) is 7.49. The van der Waals surface area contributed by atoms with Crippen molar-refractivity contribution in [1.82, 2.24) is 4.98 Å². The molecule has 18 heavy (non-hydrogen) atoms. The van der Waals surface area contributed by atoms with Crippen LogP contribution < -0.4 is 9.47 Å². The molecule has 1 aromatic heterocycles. The van der Waals surface area contributed by atoms with Gasteiger partial charge in [-0.15, -0.1) is 0 Å². The maximum absolute atomic E-state index is 12.1. The Balaban J connectivity index is 2.08. The molecule has 3 rings (SSSR count). The van der Waals surface area contributed by atoms with E-state index in [0.29, 0.717) is 35.6 Å². The number of rotatable bonds is 2. The van der Waals surface area contributed by atoms with Gasteiger partial charge in [-0.05, 0) is 35.7 Å². The first-order valence-corrected chi connectivity index (χ1v) is 8.06. The summed E-state index contributed by atoms with van der Waals surface area (Å²) in [5.41, 5.74) is 0. The van der Waals surface area contributed by atoms with Crippen molar-refractivity contribution in [3.05, 3.63) is 10.7 Å². The molecule has 2 heterocycles. The van der Waals surface area contributed by atoms with Gasteiger partial charge in [0.15, 0.2) is 31.0 Å². The second kappa shape index (κ2) is 4.09. The lowest BCUT2D eigenvalue weighted by atomic mass is 10.3. The summed E-state index contributed by atoms with van der Waals surface area (Å²) >= 11 is 3.23. The van der Waals surface area contributed by atoms with Crippen molar-refractivity contribution < 1.29 is 17.9 Å². The van der Waals surface area contributed by atoms with Crippen molar-refractivity contribution in [3.8, 4) is 11.5 Å². The van der Waals surface area contributed by atoms with E-state index in [9.17, 15) is 8.42 Å². The van der Waals surface area contributed by atoms with Crippen LogP contribution in [0.2, 0.25) is 0 Å². The Morgan fingerprint density at radius 2 is 2.17 bits per heavy atom. The Hall–Kier alpha value is -0.820. The monoisotopic (exact) mass is 333 g/mol. The van der Waals surface area contributed by atoms with Gasteiger partial charge in [0.25, 0.3) is 0 Å². The van der Waals surface area contributed by atoms with E-state index in [-0.39, 0.29) is 16.4 Å². The molecule has 1 fully saturated rings. The normalized spacial score (nSPS) is 22.9. The van der Waals surface area contributed by atoms with Crippen molar-refractivity contribution in [2.24, 2.45) is 0 Å². The summed E-state index contributed by atoms with van der Waals surface area (Å²) in [6.45, 7) is 2.30. The van der Waals surface area contributed by atoms with Crippen LogP contribution in [0.1, 0.15) is 19.8 Å². The molecule has 0 spiro atoms. The minimum Gasteiger partial charge on any atom is -0.483 e. The van der Waals surface area contributed by atoms with E-state index >= 15 is 0 Å². The van der Waals surface area contributed by atoms with Crippen LogP contribution in [0.5, 0.6) is 11.5 Å². The first-order valence-electron chi connectivity index (χ1n) is 5.72. The molecule has 1 unspecified atom stereocenters. The molecule has 0 bridgehead atoms. The molecule has 98 valence electrons. The Morgan fingerprint density at radius 3 is 2.83 bits per heavy atom. The maximum atomic E-state index is 12.1. The van der Waals surface area contributed by atoms with Gasteiger partial charge in [0.2, 0.25) is 0 Å². The van der Waals surface area contributed by atoms with Gasteiger partial charge in [0.1, 0.15) is 12.7 Å². The smallest absolute Gasteiger partial charge is 0.198 e. The lowest BCUT2D eigenvalue weighted by Gasteiger charge is -2.24. The molecule has 2 aliphatic rings. The van der Waals surface area contributed by atoms with Crippen molar-refractivity contribution in [3.63, 3.8) is 0 Å². The van der Waals surface area contributed by atoms with Crippen LogP contribution in [0.25, 0.3) is 0 Å². The van der Waals surface area contributed by atoms with E-state index < -0.39 is 9.84 Å². The van der Waals surface area contributed by atoms with E-state index in [1.54, 1.807) is 0 Å². The van der Waals surface area contributed by atoms with Crippen LogP contribution in [-0.2, 0) is 9.84 Å². The highest BCUT2D eigenvalue weighted by Crippen LogP contribution is 2.41. The topological polar surface area (TPSA) is 65.5 Å². The number of ether oxygens (including phenoxy) is 2. The fourth-order valence-corrected chi connectivity index (χ4v) is 4.03. The largest absolute Gasteiger partial charge is 0.483 e. The van der Waals surface area contributed by atoms with Crippen LogP contribution in [0.3, 0.4) is 0 Å². The Bertz CT molecular complexity index is 597. The van der Waals surface area contributed by atoms with E-state index in [0.717, 1.165) is 0 Å². The number of fused-ring (bicyclic) bond motifs is 1. The molecule has 1 atom stereocenters. The lowest BCUT2D eigenvalue weighted by Crippen LogP contribution is -2.26. The first-order chi connectivity index (χ1) is 8.48. The van der Waals surface area contributed by atoms with Gasteiger partial charge < -0.3 is 9.47 Å². The average Bonchev–Trinajstić information content (AvgIpc) is 3.12. The predicted molar refractivity (Wildman–Crippen MR) is 67.7 cm³/mol. The van der Waals surface area contributed by atoms with Gasteiger partial charge in [-0.25, -0.2) is 13.4 Å². The summed E-state index contributed by atoms with van der Waals surface area (Å²) in [7, 11) is -3.32. The number of nitrogens with zero attached hydrogens (tertiary/aromatic N) is 1. The van der Waals surface area contributed by atoms with E-state index in [4.69, 9.17) is 9.47 Å². The SMILES string of the molecule is CC1COc2c(cc(S(=O)(=O)C3CC3)nc2Br)O1. The standard InChI is InChI=1S/C11H12BrNO4S/c1-6-5-16-10-8(17-6)4-9(13-11(10)12)18(14,15)7-2-3-7/h4,6-7H,2-3,5H2,1H3. The molecule has 0 aromatic carbocycles. The molecule has 0 radical (unpaired) electrons. The summed E-state index contributed by atoms with van der Waals surface area (Å²) in [5, 5.41) is -0.217. The highest BCUT2D eigenvalue weighted by molar-refractivity contribution is 9.10. The van der Waals surface area contributed by atoms with Crippen LogP contribution >= 0.6 is 15.9 Å². The summed E-state index contributed by atoms with van der Waals surface area (Å²) in [5.74, 6) is 0.915. The lowest BCUT2D eigenvalue weighted by molar-refractivity contribution is 0.102. The third kappa shape index (κ3) is 1.99. The van der Waals surface area contributed by atoms with Gasteiger partial charge >= 0.3 is 0 Å². The molecular formula is C11H12BrNO4S.